The summed E-state index contributed by atoms with van der Waals surface area (Å²) in [4.78, 5) is 43.3. The Balaban J connectivity index is 1.74. The van der Waals surface area contributed by atoms with Gasteiger partial charge in [0.05, 0.1) is 5.69 Å². The van der Waals surface area contributed by atoms with E-state index in [1.807, 2.05) is 6.92 Å². The van der Waals surface area contributed by atoms with Gasteiger partial charge in [0.25, 0.3) is 5.56 Å². The number of nitrogens with zero attached hydrogens (tertiary/aromatic N) is 3. The molecule has 0 aliphatic rings. The van der Waals surface area contributed by atoms with E-state index in [1.165, 1.54) is 35.0 Å². The number of carbonyl (C=O) groups is 2. The molecule has 2 aromatic heterocycles. The van der Waals surface area contributed by atoms with Gasteiger partial charge in [-0.1, -0.05) is 25.5 Å². The van der Waals surface area contributed by atoms with Crippen LogP contribution in [0.3, 0.4) is 0 Å². The maximum Gasteiger partial charge on any atom is 0.314 e. The molecule has 1 aromatic carbocycles. The number of amides is 2. The predicted octanol–water partition coefficient (Wildman–Crippen LogP) is 1.61. The van der Waals surface area contributed by atoms with Crippen LogP contribution in [0.15, 0.2) is 41.2 Å². The highest BCUT2D eigenvalue weighted by molar-refractivity contribution is 6.39. The molecule has 9 nitrogen and oxygen atoms in total. The second kappa shape index (κ2) is 9.12. The van der Waals surface area contributed by atoms with Crippen LogP contribution in [0.1, 0.15) is 30.3 Å². The second-order valence-corrected chi connectivity index (χ2v) is 6.66. The van der Waals surface area contributed by atoms with Crippen molar-refractivity contribution in [2.45, 2.75) is 33.2 Å². The van der Waals surface area contributed by atoms with Gasteiger partial charge in [-0.15, -0.1) is 0 Å². The standard InChI is InChI=1S/C20H21FN6O3/c1-3-4-15-10-17(28)25-20(23-15)27-16(9-12(2)26-27)24-19(30)18(29)22-11-13-5-7-14(21)8-6-13/h5-10H,3-4,11H2,1-2H3,(H,22,29)(H,24,30)(H,23,25,28). The van der Waals surface area contributed by atoms with Crippen molar-refractivity contribution in [3.63, 3.8) is 0 Å². The van der Waals surface area contributed by atoms with Crippen molar-refractivity contribution in [3.8, 4) is 5.95 Å². The molecule has 3 N–H and O–H groups in total. The van der Waals surface area contributed by atoms with Crippen molar-refractivity contribution >= 4 is 17.6 Å². The van der Waals surface area contributed by atoms with Gasteiger partial charge in [0.2, 0.25) is 5.95 Å². The normalized spacial score (nSPS) is 10.6. The zero-order valence-corrected chi connectivity index (χ0v) is 16.5. The number of H-pyrrole nitrogens is 1. The van der Waals surface area contributed by atoms with E-state index in [2.05, 4.69) is 25.7 Å². The molecule has 0 aliphatic heterocycles. The average molecular weight is 412 g/mol. The molecular formula is C20H21FN6O3. The number of anilines is 1. The number of hydrogen-bond donors (Lipinski definition) is 3. The molecule has 30 heavy (non-hydrogen) atoms. The first-order valence-electron chi connectivity index (χ1n) is 9.36. The number of benzene rings is 1. The van der Waals surface area contributed by atoms with Crippen molar-refractivity contribution < 1.29 is 14.0 Å². The van der Waals surface area contributed by atoms with Gasteiger partial charge < -0.3 is 10.6 Å². The summed E-state index contributed by atoms with van der Waals surface area (Å²) in [6, 6.07) is 8.52. The van der Waals surface area contributed by atoms with Gasteiger partial charge >= 0.3 is 11.8 Å². The Kier molecular flexibility index (Phi) is 6.35. The van der Waals surface area contributed by atoms with Crippen molar-refractivity contribution in [2.75, 3.05) is 5.32 Å². The molecule has 0 spiro atoms. The van der Waals surface area contributed by atoms with Gasteiger partial charge in [0.15, 0.2) is 0 Å². The number of aryl methyl sites for hydroxylation is 2. The number of aromatic nitrogens is 4. The van der Waals surface area contributed by atoms with Crippen LogP contribution in [-0.4, -0.2) is 31.6 Å². The number of aromatic amines is 1. The van der Waals surface area contributed by atoms with Crippen LogP contribution in [-0.2, 0) is 22.6 Å². The van der Waals surface area contributed by atoms with Crippen LogP contribution in [0.5, 0.6) is 0 Å². The predicted molar refractivity (Wildman–Crippen MR) is 108 cm³/mol. The van der Waals surface area contributed by atoms with E-state index in [9.17, 15) is 18.8 Å². The SMILES string of the molecule is CCCc1cc(=O)[nH]c(-n2nc(C)cc2NC(=O)C(=O)NCc2ccc(F)cc2)n1. The molecular weight excluding hydrogens is 391 g/mol. The molecule has 3 aromatic rings. The van der Waals surface area contributed by atoms with Crippen LogP contribution in [0.25, 0.3) is 5.95 Å². The van der Waals surface area contributed by atoms with E-state index in [0.717, 1.165) is 6.42 Å². The van der Waals surface area contributed by atoms with Gasteiger partial charge in [-0.25, -0.2) is 9.37 Å². The molecule has 0 unspecified atom stereocenters. The summed E-state index contributed by atoms with van der Waals surface area (Å²) >= 11 is 0. The van der Waals surface area contributed by atoms with Gasteiger partial charge in [0, 0.05) is 24.4 Å². The largest absolute Gasteiger partial charge is 0.344 e. The monoisotopic (exact) mass is 412 g/mol. The summed E-state index contributed by atoms with van der Waals surface area (Å²) < 4.78 is 14.2. The number of carbonyl (C=O) groups excluding carboxylic acids is 2. The molecule has 0 aliphatic carbocycles. The van der Waals surface area contributed by atoms with Crippen LogP contribution in [0, 0.1) is 12.7 Å². The van der Waals surface area contributed by atoms with Crippen LogP contribution in [0.2, 0.25) is 0 Å². The molecule has 2 amide bonds. The Labute approximate surface area is 171 Å². The van der Waals surface area contributed by atoms with E-state index in [1.54, 1.807) is 13.0 Å². The highest BCUT2D eigenvalue weighted by Gasteiger charge is 2.18. The fourth-order valence-electron chi connectivity index (χ4n) is 2.77. The molecule has 0 fully saturated rings. The van der Waals surface area contributed by atoms with Gasteiger partial charge in [-0.2, -0.15) is 9.78 Å². The van der Waals surface area contributed by atoms with Crippen LogP contribution < -0.4 is 16.2 Å². The summed E-state index contributed by atoms with van der Waals surface area (Å²) in [6.07, 6.45) is 1.43. The Morgan fingerprint density at radius 2 is 1.90 bits per heavy atom. The summed E-state index contributed by atoms with van der Waals surface area (Å²) in [5.41, 5.74) is 1.46. The Morgan fingerprint density at radius 1 is 1.17 bits per heavy atom. The maximum atomic E-state index is 12.9. The third-order valence-electron chi connectivity index (χ3n) is 4.13. The molecule has 0 radical (unpaired) electrons. The average Bonchev–Trinajstić information content (AvgIpc) is 3.07. The molecule has 0 saturated heterocycles. The first-order chi connectivity index (χ1) is 14.4. The molecule has 0 saturated carbocycles. The summed E-state index contributed by atoms with van der Waals surface area (Å²) in [5.74, 6) is -1.84. The van der Waals surface area contributed by atoms with Gasteiger partial charge in [-0.3, -0.25) is 19.4 Å². The lowest BCUT2D eigenvalue weighted by Gasteiger charge is -2.09. The molecule has 3 rings (SSSR count). The fourth-order valence-corrected chi connectivity index (χ4v) is 2.77. The topological polar surface area (TPSA) is 122 Å². The molecule has 2 heterocycles. The Morgan fingerprint density at radius 3 is 2.60 bits per heavy atom. The number of hydrogen-bond acceptors (Lipinski definition) is 5. The molecule has 0 bridgehead atoms. The van der Waals surface area contributed by atoms with E-state index in [4.69, 9.17) is 0 Å². The zero-order chi connectivity index (χ0) is 21.7. The maximum absolute atomic E-state index is 12.9. The minimum atomic E-state index is -0.912. The minimum absolute atomic E-state index is 0.0682. The van der Waals surface area contributed by atoms with E-state index < -0.39 is 11.8 Å². The van der Waals surface area contributed by atoms with Crippen molar-refractivity contribution in [1.82, 2.24) is 25.1 Å². The minimum Gasteiger partial charge on any atom is -0.344 e. The number of rotatable bonds is 6. The van der Waals surface area contributed by atoms with Gasteiger partial charge in [0.1, 0.15) is 11.6 Å². The zero-order valence-electron chi connectivity index (χ0n) is 16.5. The Hall–Kier alpha value is -3.82. The van der Waals surface area contributed by atoms with Crippen LogP contribution in [0.4, 0.5) is 10.2 Å². The highest BCUT2D eigenvalue weighted by atomic mass is 19.1. The van der Waals surface area contributed by atoms with Crippen molar-refractivity contribution in [2.24, 2.45) is 0 Å². The highest BCUT2D eigenvalue weighted by Crippen LogP contribution is 2.14. The van der Waals surface area contributed by atoms with Crippen LogP contribution >= 0.6 is 0 Å². The fraction of sp³-hybridized carbons (Fsp3) is 0.250. The molecule has 156 valence electrons. The quantitative estimate of drug-likeness (QED) is 0.531. The lowest BCUT2D eigenvalue weighted by Crippen LogP contribution is -2.35. The van der Waals surface area contributed by atoms with E-state index in [0.29, 0.717) is 23.4 Å². The third kappa shape index (κ3) is 5.16. The number of nitrogens with one attached hydrogen (secondary N) is 3. The summed E-state index contributed by atoms with van der Waals surface area (Å²) in [7, 11) is 0. The lowest BCUT2D eigenvalue weighted by molar-refractivity contribution is -0.136. The number of halogens is 1. The van der Waals surface area contributed by atoms with Gasteiger partial charge in [-0.05, 0) is 31.0 Å². The summed E-state index contributed by atoms with van der Waals surface area (Å²) in [6.45, 7) is 3.74. The smallest absolute Gasteiger partial charge is 0.314 e. The third-order valence-corrected chi connectivity index (χ3v) is 4.13. The first-order valence-corrected chi connectivity index (χ1v) is 9.36. The first kappa shape index (κ1) is 20.9. The van der Waals surface area contributed by atoms with Crippen molar-refractivity contribution in [3.05, 3.63) is 69.5 Å². The molecule has 0 atom stereocenters. The van der Waals surface area contributed by atoms with Crippen molar-refractivity contribution in [1.29, 1.82) is 0 Å². The summed E-state index contributed by atoms with van der Waals surface area (Å²) in [5, 5.41) is 9.18. The Bertz CT molecular complexity index is 1120. The second-order valence-electron chi connectivity index (χ2n) is 6.66. The lowest BCUT2D eigenvalue weighted by atomic mass is 10.2. The molecule has 10 heteroatoms. The van der Waals surface area contributed by atoms with E-state index in [-0.39, 0.29) is 29.7 Å². The van der Waals surface area contributed by atoms with E-state index >= 15 is 0 Å².